The number of aliphatic hydroxyl groups excluding tert-OH is 1. The smallest absolute Gasteiger partial charge is 0.435 e. The summed E-state index contributed by atoms with van der Waals surface area (Å²) in [6.45, 7) is -1.00. The molecule has 1 saturated heterocycles. The van der Waals surface area contributed by atoms with E-state index in [1.165, 1.54) is 0 Å². The molecule has 0 amide bonds. The Bertz CT molecular complexity index is 1120. The van der Waals surface area contributed by atoms with Gasteiger partial charge in [0.25, 0.3) is 0 Å². The summed E-state index contributed by atoms with van der Waals surface area (Å²) in [6.07, 6.45) is -1.57. The molecule has 3 aromatic rings. The number of nitrogens with one attached hydrogen (secondary N) is 1. The molecule has 2 N–H and O–H groups in total. The molecule has 0 spiro atoms. The first-order valence-electron chi connectivity index (χ1n) is 10.5. The molecule has 0 aliphatic carbocycles. The Hall–Kier alpha value is -3.19. The van der Waals surface area contributed by atoms with Gasteiger partial charge in [-0.2, -0.15) is 8.78 Å². The van der Waals surface area contributed by atoms with Crippen LogP contribution in [0.4, 0.5) is 27.9 Å². The number of likely N-dealkylation sites (tertiary alicyclic amines) is 1. The molecule has 1 aliphatic heterocycles. The van der Waals surface area contributed by atoms with Gasteiger partial charge in [0, 0.05) is 37.0 Å². The van der Waals surface area contributed by atoms with Gasteiger partial charge in [0.05, 0.1) is 12.1 Å². The van der Waals surface area contributed by atoms with Gasteiger partial charge in [-0.05, 0) is 43.7 Å². The molecule has 3 heterocycles. The average molecular weight is 487 g/mol. The highest BCUT2D eigenvalue weighted by Gasteiger charge is 2.33. The van der Waals surface area contributed by atoms with Gasteiger partial charge in [0.2, 0.25) is 5.95 Å². The second kappa shape index (κ2) is 9.97. The number of nitrogens with zero attached hydrogens (tertiary/aromatic N) is 4. The van der Waals surface area contributed by atoms with Crippen molar-refractivity contribution in [2.75, 3.05) is 31.6 Å². The Morgan fingerprint density at radius 3 is 2.76 bits per heavy atom. The van der Waals surface area contributed by atoms with Crippen molar-refractivity contribution < 1.29 is 36.5 Å². The van der Waals surface area contributed by atoms with Crippen LogP contribution in [0.3, 0.4) is 0 Å². The molecule has 2 aromatic heterocycles. The summed E-state index contributed by atoms with van der Waals surface area (Å²) in [5, 5.41) is 20.8. The number of aromatic nitrogens is 3. The lowest BCUT2D eigenvalue weighted by Gasteiger charge is -2.32. The Morgan fingerprint density at radius 1 is 1.21 bits per heavy atom. The molecule has 1 aromatic carbocycles. The van der Waals surface area contributed by atoms with E-state index in [4.69, 9.17) is 0 Å². The fourth-order valence-electron chi connectivity index (χ4n) is 4.03. The number of aliphatic hydroxyl groups is 1. The molecule has 8 nitrogen and oxygen atoms in total. The van der Waals surface area contributed by atoms with E-state index in [0.717, 1.165) is 37.6 Å². The third-order valence-electron chi connectivity index (χ3n) is 5.38. The van der Waals surface area contributed by atoms with Crippen LogP contribution in [0.1, 0.15) is 12.8 Å². The Morgan fingerprint density at radius 2 is 2.03 bits per heavy atom. The average Bonchev–Trinajstić information content (AvgIpc) is 3.24. The molecular weight excluding hydrogens is 465 g/mol. The lowest BCUT2D eigenvalue weighted by atomic mass is 10.1. The van der Waals surface area contributed by atoms with Crippen LogP contribution in [0, 0.1) is 0 Å². The van der Waals surface area contributed by atoms with Crippen molar-refractivity contribution in [1.29, 1.82) is 0 Å². The van der Waals surface area contributed by atoms with Gasteiger partial charge in [-0.1, -0.05) is 0 Å². The van der Waals surface area contributed by atoms with E-state index in [0.29, 0.717) is 24.6 Å². The quantitative estimate of drug-likeness (QED) is 0.468. The predicted octanol–water partition coefficient (Wildman–Crippen LogP) is 3.76. The molecule has 4 rings (SSSR count). The van der Waals surface area contributed by atoms with Gasteiger partial charge < -0.3 is 19.9 Å². The van der Waals surface area contributed by atoms with Crippen molar-refractivity contribution in [2.45, 2.75) is 31.9 Å². The van der Waals surface area contributed by atoms with E-state index < -0.39 is 24.5 Å². The number of fused-ring (bicyclic) bond motifs is 1. The maximum atomic E-state index is 13.0. The minimum atomic E-state index is -5.06. The molecule has 0 radical (unpaired) electrons. The molecule has 13 heteroatoms. The number of hydrogen-bond acceptors (Lipinski definition) is 7. The first-order chi connectivity index (χ1) is 16.2. The summed E-state index contributed by atoms with van der Waals surface area (Å²) in [6, 6.07) is 6.38. The minimum absolute atomic E-state index is 0.0425. The van der Waals surface area contributed by atoms with E-state index in [-0.39, 0.29) is 23.9 Å². The first kappa shape index (κ1) is 24.0. The van der Waals surface area contributed by atoms with E-state index >= 15 is 0 Å². The van der Waals surface area contributed by atoms with Gasteiger partial charge in [0.1, 0.15) is 17.2 Å². The molecule has 184 valence electrons. The highest BCUT2D eigenvalue weighted by molar-refractivity contribution is 5.81. The van der Waals surface area contributed by atoms with E-state index in [1.807, 2.05) is 0 Å². The van der Waals surface area contributed by atoms with Crippen molar-refractivity contribution >= 4 is 11.5 Å². The summed E-state index contributed by atoms with van der Waals surface area (Å²) < 4.78 is 74.1. The van der Waals surface area contributed by atoms with E-state index in [2.05, 4.69) is 29.9 Å². The van der Waals surface area contributed by atoms with E-state index in [1.54, 1.807) is 22.7 Å². The predicted molar refractivity (Wildman–Crippen MR) is 112 cm³/mol. The highest BCUT2D eigenvalue weighted by Crippen LogP contribution is 2.38. The lowest BCUT2D eigenvalue weighted by molar-refractivity contribution is -0.274. The van der Waals surface area contributed by atoms with Crippen molar-refractivity contribution in [1.82, 2.24) is 19.5 Å². The van der Waals surface area contributed by atoms with Crippen molar-refractivity contribution in [3.63, 3.8) is 0 Å². The minimum Gasteiger partial charge on any atom is -0.435 e. The van der Waals surface area contributed by atoms with Gasteiger partial charge in [0.15, 0.2) is 0 Å². The summed E-state index contributed by atoms with van der Waals surface area (Å²) in [5.74, 6) is -0.827. The van der Waals surface area contributed by atoms with Crippen LogP contribution in [-0.2, 0) is 0 Å². The summed E-state index contributed by atoms with van der Waals surface area (Å²) in [7, 11) is 0. The number of halogens is 5. The van der Waals surface area contributed by atoms with Crippen LogP contribution in [0.2, 0.25) is 0 Å². The zero-order valence-corrected chi connectivity index (χ0v) is 17.8. The number of piperidine rings is 1. The molecule has 1 atom stereocenters. The monoisotopic (exact) mass is 487 g/mol. The SMILES string of the molecule is OCCN1CCCC(Nc2nnc(-c3ccc(OC(F)F)cc3OC(F)(F)F)c3cccn23)C1. The number of ether oxygens (including phenoxy) is 2. The second-order valence-electron chi connectivity index (χ2n) is 7.73. The van der Waals surface area contributed by atoms with Crippen LogP contribution >= 0.6 is 0 Å². The van der Waals surface area contributed by atoms with Crippen LogP contribution in [-0.4, -0.2) is 69.9 Å². The van der Waals surface area contributed by atoms with Crippen LogP contribution < -0.4 is 14.8 Å². The first-order valence-corrected chi connectivity index (χ1v) is 10.5. The number of hydrogen-bond donors (Lipinski definition) is 2. The van der Waals surface area contributed by atoms with Gasteiger partial charge in [-0.25, -0.2) is 0 Å². The highest BCUT2D eigenvalue weighted by atomic mass is 19.4. The molecule has 1 unspecified atom stereocenters. The van der Waals surface area contributed by atoms with Crippen molar-refractivity contribution in [3.8, 4) is 22.8 Å². The van der Waals surface area contributed by atoms with Crippen molar-refractivity contribution in [3.05, 3.63) is 36.5 Å². The second-order valence-corrected chi connectivity index (χ2v) is 7.73. The van der Waals surface area contributed by atoms with Crippen LogP contribution in [0.5, 0.6) is 11.5 Å². The number of anilines is 1. The van der Waals surface area contributed by atoms with Crippen molar-refractivity contribution in [2.24, 2.45) is 0 Å². The molecule has 1 fully saturated rings. The fraction of sp³-hybridized carbons (Fsp3) is 0.429. The molecular formula is C21H22F5N5O3. The van der Waals surface area contributed by atoms with Gasteiger partial charge in [-0.15, -0.1) is 23.4 Å². The third-order valence-corrected chi connectivity index (χ3v) is 5.38. The normalized spacial score (nSPS) is 17.3. The number of β-amino-alcohol motifs (C(OH)–C–C–N with tert-alkyl or cyclic N) is 1. The maximum absolute atomic E-state index is 13.0. The zero-order chi connectivity index (χ0) is 24.3. The van der Waals surface area contributed by atoms with Gasteiger partial charge in [-0.3, -0.25) is 9.30 Å². The fourth-order valence-corrected chi connectivity index (χ4v) is 4.03. The Labute approximate surface area is 190 Å². The topological polar surface area (TPSA) is 84.2 Å². The number of rotatable bonds is 8. The Balaban J connectivity index is 1.67. The summed E-state index contributed by atoms with van der Waals surface area (Å²) in [5.41, 5.74) is 0.424. The molecule has 34 heavy (non-hydrogen) atoms. The Kier molecular flexibility index (Phi) is 7.03. The van der Waals surface area contributed by atoms with Crippen LogP contribution in [0.15, 0.2) is 36.5 Å². The summed E-state index contributed by atoms with van der Waals surface area (Å²) >= 11 is 0. The zero-order valence-electron chi connectivity index (χ0n) is 17.8. The van der Waals surface area contributed by atoms with E-state index in [9.17, 15) is 27.1 Å². The number of benzene rings is 1. The number of alkyl halides is 5. The molecule has 0 saturated carbocycles. The maximum Gasteiger partial charge on any atom is 0.573 e. The molecule has 0 bridgehead atoms. The molecule has 1 aliphatic rings. The lowest BCUT2D eigenvalue weighted by Crippen LogP contribution is -2.43. The largest absolute Gasteiger partial charge is 0.573 e. The van der Waals surface area contributed by atoms with Crippen LogP contribution in [0.25, 0.3) is 16.8 Å². The van der Waals surface area contributed by atoms with Gasteiger partial charge >= 0.3 is 13.0 Å². The standard InChI is InChI=1S/C21H22F5N5O3/c22-19(23)33-14-5-6-15(17(11-14)34-21(24,25)26)18-16-4-2-8-31(16)20(29-28-18)27-13-3-1-7-30(12-13)9-10-32/h2,4-6,8,11,13,19,32H,1,3,7,9-10,12H2,(H,27,29). The third kappa shape index (κ3) is 5.65. The summed E-state index contributed by atoms with van der Waals surface area (Å²) in [4.78, 5) is 2.12.